The number of hydrogen-bond donors (Lipinski definition) is 0. The zero-order chi connectivity index (χ0) is 15.5. The van der Waals surface area contributed by atoms with Crippen LogP contribution in [-0.4, -0.2) is 48.3 Å². The fourth-order valence-electron chi connectivity index (χ4n) is 2.97. The average molecular weight is 306 g/mol. The minimum absolute atomic E-state index is 0.0131. The third-order valence-corrected chi connectivity index (χ3v) is 4.10. The highest BCUT2D eigenvalue weighted by molar-refractivity contribution is 5.94. The Kier molecular flexibility index (Phi) is 4.35. The van der Waals surface area contributed by atoms with Crippen LogP contribution in [0.25, 0.3) is 0 Å². The van der Waals surface area contributed by atoms with Gasteiger partial charge in [0.2, 0.25) is 0 Å². The van der Waals surface area contributed by atoms with Crippen molar-refractivity contribution < 1.29 is 19.2 Å². The molecule has 0 spiro atoms. The van der Waals surface area contributed by atoms with Gasteiger partial charge in [-0.3, -0.25) is 14.9 Å². The van der Waals surface area contributed by atoms with Crippen LogP contribution in [-0.2, 0) is 9.47 Å². The van der Waals surface area contributed by atoms with E-state index in [-0.39, 0.29) is 23.8 Å². The molecule has 2 saturated heterocycles. The first-order valence-corrected chi connectivity index (χ1v) is 7.42. The fourth-order valence-corrected chi connectivity index (χ4v) is 2.97. The maximum Gasteiger partial charge on any atom is 0.269 e. The molecule has 2 aliphatic heterocycles. The van der Waals surface area contributed by atoms with Gasteiger partial charge in [-0.15, -0.1) is 0 Å². The summed E-state index contributed by atoms with van der Waals surface area (Å²) in [4.78, 5) is 24.5. The van der Waals surface area contributed by atoms with Gasteiger partial charge in [0.15, 0.2) is 6.29 Å². The van der Waals surface area contributed by atoms with Crippen LogP contribution in [0.4, 0.5) is 5.69 Å². The molecule has 0 radical (unpaired) electrons. The van der Waals surface area contributed by atoms with Crippen LogP contribution in [0.15, 0.2) is 24.3 Å². The molecule has 22 heavy (non-hydrogen) atoms. The van der Waals surface area contributed by atoms with E-state index in [1.54, 1.807) is 4.90 Å². The van der Waals surface area contributed by atoms with Gasteiger partial charge < -0.3 is 14.4 Å². The molecule has 2 heterocycles. The molecular formula is C15H18N2O5. The summed E-state index contributed by atoms with van der Waals surface area (Å²) in [6.07, 6.45) is 1.67. The number of nitro groups is 1. The molecule has 0 saturated carbocycles. The van der Waals surface area contributed by atoms with E-state index in [1.807, 2.05) is 0 Å². The van der Waals surface area contributed by atoms with E-state index in [1.165, 1.54) is 24.3 Å². The van der Waals surface area contributed by atoms with Gasteiger partial charge in [-0.2, -0.15) is 0 Å². The summed E-state index contributed by atoms with van der Waals surface area (Å²) in [7, 11) is 0. The summed E-state index contributed by atoms with van der Waals surface area (Å²) < 4.78 is 11.1. The van der Waals surface area contributed by atoms with Crippen molar-refractivity contribution in [3.8, 4) is 0 Å². The Labute approximate surface area is 128 Å². The van der Waals surface area contributed by atoms with Gasteiger partial charge in [0.25, 0.3) is 11.6 Å². The molecule has 0 bridgehead atoms. The zero-order valence-electron chi connectivity index (χ0n) is 12.1. The molecule has 7 heteroatoms. The number of nitrogens with zero attached hydrogens (tertiary/aromatic N) is 2. The lowest BCUT2D eigenvalue weighted by Crippen LogP contribution is -2.43. The van der Waals surface area contributed by atoms with Crippen molar-refractivity contribution in [2.45, 2.75) is 19.1 Å². The van der Waals surface area contributed by atoms with E-state index >= 15 is 0 Å². The molecule has 2 aliphatic rings. The summed E-state index contributed by atoms with van der Waals surface area (Å²) in [5, 5.41) is 10.7. The molecule has 0 aromatic heterocycles. The summed E-state index contributed by atoms with van der Waals surface area (Å²) in [6, 6.07) is 5.73. The molecule has 2 fully saturated rings. The van der Waals surface area contributed by atoms with E-state index in [2.05, 4.69) is 0 Å². The SMILES string of the molecule is O=C(c1ccc([N+](=O)[O-])cc1)N1CCC[C@H](C2OCCO2)C1. The highest BCUT2D eigenvalue weighted by atomic mass is 16.7. The molecule has 7 nitrogen and oxygen atoms in total. The highest BCUT2D eigenvalue weighted by Crippen LogP contribution is 2.26. The number of ether oxygens (including phenoxy) is 2. The number of nitro benzene ring substituents is 1. The maximum atomic E-state index is 12.5. The molecule has 3 rings (SSSR count). The molecule has 0 N–H and O–H groups in total. The molecule has 1 atom stereocenters. The van der Waals surface area contributed by atoms with Crippen LogP contribution >= 0.6 is 0 Å². The van der Waals surface area contributed by atoms with Crippen molar-refractivity contribution in [3.63, 3.8) is 0 Å². The van der Waals surface area contributed by atoms with Crippen molar-refractivity contribution >= 4 is 11.6 Å². The van der Waals surface area contributed by atoms with Crippen LogP contribution in [0.3, 0.4) is 0 Å². The third kappa shape index (κ3) is 3.10. The molecule has 1 aromatic rings. The van der Waals surface area contributed by atoms with Crippen LogP contribution in [0.2, 0.25) is 0 Å². The van der Waals surface area contributed by atoms with Crippen LogP contribution in [0.5, 0.6) is 0 Å². The van der Waals surface area contributed by atoms with Gasteiger partial charge in [-0.1, -0.05) is 0 Å². The number of rotatable bonds is 3. The third-order valence-electron chi connectivity index (χ3n) is 4.10. The number of carbonyl (C=O) groups is 1. The van der Waals surface area contributed by atoms with E-state index in [0.717, 1.165) is 12.8 Å². The second kappa shape index (κ2) is 6.41. The average Bonchev–Trinajstić information content (AvgIpc) is 3.09. The summed E-state index contributed by atoms with van der Waals surface area (Å²) in [5.41, 5.74) is 0.459. The van der Waals surface area contributed by atoms with Gasteiger partial charge in [-0.05, 0) is 25.0 Å². The Morgan fingerprint density at radius 2 is 1.91 bits per heavy atom. The van der Waals surface area contributed by atoms with Crippen LogP contribution in [0, 0.1) is 16.0 Å². The predicted octanol–water partition coefficient (Wildman–Crippen LogP) is 1.82. The predicted molar refractivity (Wildman–Crippen MR) is 77.4 cm³/mol. The second-order valence-electron chi connectivity index (χ2n) is 5.57. The first kappa shape index (κ1) is 14.9. The number of hydrogen-bond acceptors (Lipinski definition) is 5. The number of likely N-dealkylation sites (tertiary alicyclic amines) is 1. The monoisotopic (exact) mass is 306 g/mol. The fraction of sp³-hybridized carbons (Fsp3) is 0.533. The number of amides is 1. The number of piperidine rings is 1. The number of carbonyl (C=O) groups excluding carboxylic acids is 1. The summed E-state index contributed by atoms with van der Waals surface area (Å²) in [6.45, 7) is 2.51. The quantitative estimate of drug-likeness (QED) is 0.628. The molecule has 0 aliphatic carbocycles. The van der Waals surface area contributed by atoms with Crippen molar-refractivity contribution in [1.82, 2.24) is 4.90 Å². The second-order valence-corrected chi connectivity index (χ2v) is 5.57. The standard InChI is InChI=1S/C15H18N2O5/c18-14(11-3-5-13(6-4-11)17(19)20)16-7-1-2-12(10-16)15-21-8-9-22-15/h3-6,12,15H,1-2,7-10H2/t12-/m0/s1. The minimum atomic E-state index is -0.472. The van der Waals surface area contributed by atoms with Crippen molar-refractivity contribution in [2.24, 2.45) is 5.92 Å². The Bertz CT molecular complexity index is 554. The number of non-ortho nitro benzene ring substituents is 1. The molecule has 118 valence electrons. The zero-order valence-corrected chi connectivity index (χ0v) is 12.1. The Morgan fingerprint density at radius 1 is 1.23 bits per heavy atom. The topological polar surface area (TPSA) is 81.9 Å². The van der Waals surface area contributed by atoms with Crippen molar-refractivity contribution in [3.05, 3.63) is 39.9 Å². The Morgan fingerprint density at radius 3 is 2.55 bits per heavy atom. The van der Waals surface area contributed by atoms with E-state index < -0.39 is 4.92 Å². The lowest BCUT2D eigenvalue weighted by molar-refractivity contribution is -0.384. The van der Waals surface area contributed by atoms with Gasteiger partial charge in [0.1, 0.15) is 0 Å². The smallest absolute Gasteiger partial charge is 0.269 e. The maximum absolute atomic E-state index is 12.5. The van der Waals surface area contributed by atoms with Crippen LogP contribution < -0.4 is 0 Å². The number of benzene rings is 1. The largest absolute Gasteiger partial charge is 0.350 e. The summed E-state index contributed by atoms with van der Waals surface area (Å²) in [5.74, 6) is 0.0934. The first-order valence-electron chi connectivity index (χ1n) is 7.42. The lowest BCUT2D eigenvalue weighted by Gasteiger charge is -2.34. The molecule has 1 amide bonds. The van der Waals surface area contributed by atoms with Crippen molar-refractivity contribution in [1.29, 1.82) is 0 Å². The Hall–Kier alpha value is -1.99. The first-order chi connectivity index (χ1) is 10.6. The van der Waals surface area contributed by atoms with Gasteiger partial charge in [0.05, 0.1) is 18.1 Å². The molecular weight excluding hydrogens is 288 g/mol. The van der Waals surface area contributed by atoms with Gasteiger partial charge >= 0.3 is 0 Å². The van der Waals surface area contributed by atoms with E-state index in [9.17, 15) is 14.9 Å². The van der Waals surface area contributed by atoms with Gasteiger partial charge in [-0.25, -0.2) is 0 Å². The summed E-state index contributed by atoms with van der Waals surface area (Å²) >= 11 is 0. The minimum Gasteiger partial charge on any atom is -0.350 e. The van der Waals surface area contributed by atoms with E-state index in [4.69, 9.17) is 9.47 Å². The Balaban J connectivity index is 1.67. The van der Waals surface area contributed by atoms with E-state index in [0.29, 0.717) is 31.9 Å². The normalized spacial score (nSPS) is 22.7. The molecule has 0 unspecified atom stereocenters. The lowest BCUT2D eigenvalue weighted by atomic mass is 9.96. The highest BCUT2D eigenvalue weighted by Gasteiger charge is 2.33. The van der Waals surface area contributed by atoms with Crippen molar-refractivity contribution in [2.75, 3.05) is 26.3 Å². The van der Waals surface area contributed by atoms with Crippen LogP contribution in [0.1, 0.15) is 23.2 Å². The molecule has 1 aromatic carbocycles. The van der Waals surface area contributed by atoms with Gasteiger partial charge in [0, 0.05) is 36.7 Å².